The van der Waals surface area contributed by atoms with Crippen LogP contribution in [-0.4, -0.2) is 6.29 Å². The van der Waals surface area contributed by atoms with E-state index in [-0.39, 0.29) is 10.0 Å². The van der Waals surface area contributed by atoms with Gasteiger partial charge in [-0.3, -0.25) is 4.79 Å². The number of aldehydes is 1. The van der Waals surface area contributed by atoms with E-state index >= 15 is 0 Å². The predicted molar refractivity (Wildman–Crippen MR) is 48.6 cm³/mol. The third-order valence-electron chi connectivity index (χ3n) is 1.61. The molecule has 0 aliphatic carbocycles. The van der Waals surface area contributed by atoms with Gasteiger partial charge in [-0.1, -0.05) is 0 Å². The van der Waals surface area contributed by atoms with Gasteiger partial charge in [-0.2, -0.15) is 0 Å². The Labute approximate surface area is 77.7 Å². The summed E-state index contributed by atoms with van der Waals surface area (Å²) in [6, 6.07) is 1.42. The van der Waals surface area contributed by atoms with Crippen molar-refractivity contribution in [1.29, 1.82) is 0 Å². The third-order valence-corrected chi connectivity index (χ3v) is 2.38. The standard InChI is InChI=1S/C8H7BrFNO/c1-4-2-5(3-12)7(10)6(9)8(4)11/h2-3H,11H2,1H3. The summed E-state index contributed by atoms with van der Waals surface area (Å²) in [7, 11) is 0. The molecule has 0 aliphatic rings. The predicted octanol–water partition coefficient (Wildman–Crippen LogP) is 2.29. The van der Waals surface area contributed by atoms with Crippen LogP contribution in [0.5, 0.6) is 0 Å². The number of anilines is 1. The molecule has 2 N–H and O–H groups in total. The molecule has 0 aromatic heterocycles. The maximum atomic E-state index is 13.1. The minimum Gasteiger partial charge on any atom is -0.398 e. The first-order chi connectivity index (χ1) is 5.57. The van der Waals surface area contributed by atoms with Crippen LogP contribution in [-0.2, 0) is 0 Å². The highest BCUT2D eigenvalue weighted by Gasteiger charge is 2.11. The van der Waals surface area contributed by atoms with E-state index in [1.54, 1.807) is 6.92 Å². The quantitative estimate of drug-likeness (QED) is 0.596. The molecular weight excluding hydrogens is 225 g/mol. The molecule has 4 heteroatoms. The SMILES string of the molecule is Cc1cc(C=O)c(F)c(Br)c1N. The van der Waals surface area contributed by atoms with Gasteiger partial charge >= 0.3 is 0 Å². The minimum atomic E-state index is -0.604. The van der Waals surface area contributed by atoms with Gasteiger partial charge < -0.3 is 5.73 Å². The van der Waals surface area contributed by atoms with Crippen LogP contribution in [0.25, 0.3) is 0 Å². The molecule has 0 atom stereocenters. The molecule has 1 rings (SSSR count). The van der Waals surface area contributed by atoms with Crippen molar-refractivity contribution in [2.45, 2.75) is 6.92 Å². The van der Waals surface area contributed by atoms with E-state index in [0.717, 1.165) is 0 Å². The van der Waals surface area contributed by atoms with Gasteiger partial charge in [0.25, 0.3) is 0 Å². The van der Waals surface area contributed by atoms with Crippen molar-refractivity contribution in [1.82, 2.24) is 0 Å². The van der Waals surface area contributed by atoms with E-state index in [1.165, 1.54) is 6.07 Å². The molecule has 64 valence electrons. The number of nitrogen functional groups attached to an aromatic ring is 1. The number of hydrogen-bond donors (Lipinski definition) is 1. The smallest absolute Gasteiger partial charge is 0.153 e. The maximum absolute atomic E-state index is 13.1. The fourth-order valence-corrected chi connectivity index (χ4v) is 1.42. The lowest BCUT2D eigenvalue weighted by Gasteiger charge is -2.05. The van der Waals surface area contributed by atoms with Crippen LogP contribution in [0.15, 0.2) is 10.5 Å². The van der Waals surface area contributed by atoms with Crippen LogP contribution >= 0.6 is 15.9 Å². The molecule has 0 radical (unpaired) electrons. The van der Waals surface area contributed by atoms with Crippen molar-refractivity contribution in [3.63, 3.8) is 0 Å². The van der Waals surface area contributed by atoms with Crippen LogP contribution in [0.2, 0.25) is 0 Å². The first-order valence-corrected chi connectivity index (χ1v) is 4.06. The summed E-state index contributed by atoms with van der Waals surface area (Å²) in [6.07, 6.45) is 0.465. The summed E-state index contributed by atoms with van der Waals surface area (Å²) in [5.41, 5.74) is 6.54. The second kappa shape index (κ2) is 3.23. The van der Waals surface area contributed by atoms with Gasteiger partial charge in [-0.05, 0) is 34.5 Å². The highest BCUT2D eigenvalue weighted by atomic mass is 79.9. The second-order valence-electron chi connectivity index (χ2n) is 2.44. The normalized spacial score (nSPS) is 9.92. The van der Waals surface area contributed by atoms with Crippen LogP contribution in [0.1, 0.15) is 15.9 Å². The number of carbonyl (C=O) groups excluding carboxylic acids is 1. The van der Waals surface area contributed by atoms with Crippen molar-refractivity contribution in [2.75, 3.05) is 5.73 Å². The Kier molecular flexibility index (Phi) is 2.47. The van der Waals surface area contributed by atoms with Crippen molar-refractivity contribution in [2.24, 2.45) is 0 Å². The number of carbonyl (C=O) groups is 1. The van der Waals surface area contributed by atoms with E-state index in [1.807, 2.05) is 0 Å². The Hall–Kier alpha value is -0.900. The summed E-state index contributed by atoms with van der Waals surface area (Å²) < 4.78 is 13.2. The average Bonchev–Trinajstić information content (AvgIpc) is 2.08. The molecular formula is C8H7BrFNO. The molecule has 0 amide bonds. The zero-order valence-corrected chi connectivity index (χ0v) is 7.98. The summed E-state index contributed by atoms with van der Waals surface area (Å²) in [5, 5.41) is 0. The van der Waals surface area contributed by atoms with Crippen LogP contribution < -0.4 is 5.73 Å². The molecule has 1 aromatic carbocycles. The molecule has 0 bridgehead atoms. The zero-order chi connectivity index (χ0) is 9.30. The number of hydrogen-bond acceptors (Lipinski definition) is 2. The fraction of sp³-hybridized carbons (Fsp3) is 0.125. The van der Waals surface area contributed by atoms with Crippen molar-refractivity contribution in [3.8, 4) is 0 Å². The second-order valence-corrected chi connectivity index (χ2v) is 3.24. The molecule has 2 nitrogen and oxygen atoms in total. The summed E-state index contributed by atoms with van der Waals surface area (Å²) in [6.45, 7) is 1.71. The van der Waals surface area contributed by atoms with Gasteiger partial charge in [0, 0.05) is 0 Å². The number of halogens is 2. The molecule has 0 fully saturated rings. The van der Waals surface area contributed by atoms with Gasteiger partial charge in [0.1, 0.15) is 5.82 Å². The van der Waals surface area contributed by atoms with E-state index in [2.05, 4.69) is 15.9 Å². The summed E-state index contributed by atoms with van der Waals surface area (Å²) in [4.78, 5) is 10.3. The van der Waals surface area contributed by atoms with Crippen LogP contribution in [0, 0.1) is 12.7 Å². The first kappa shape index (κ1) is 9.19. The molecule has 0 aliphatic heterocycles. The largest absolute Gasteiger partial charge is 0.398 e. The molecule has 0 heterocycles. The number of rotatable bonds is 1. The van der Waals surface area contributed by atoms with Crippen molar-refractivity contribution < 1.29 is 9.18 Å². The van der Waals surface area contributed by atoms with E-state index in [9.17, 15) is 9.18 Å². The van der Waals surface area contributed by atoms with Gasteiger partial charge in [0.05, 0.1) is 15.7 Å². The van der Waals surface area contributed by atoms with E-state index in [4.69, 9.17) is 5.73 Å². The number of nitrogens with two attached hydrogens (primary N) is 1. The van der Waals surface area contributed by atoms with Crippen molar-refractivity contribution in [3.05, 3.63) is 27.5 Å². The Bertz CT molecular complexity index is 338. The molecule has 12 heavy (non-hydrogen) atoms. The lowest BCUT2D eigenvalue weighted by atomic mass is 10.1. The first-order valence-electron chi connectivity index (χ1n) is 3.27. The molecule has 0 unspecified atom stereocenters. The minimum absolute atomic E-state index is 0.0218. The monoisotopic (exact) mass is 231 g/mol. The number of aryl methyl sites for hydroxylation is 1. The fourth-order valence-electron chi connectivity index (χ4n) is 0.878. The van der Waals surface area contributed by atoms with E-state index < -0.39 is 5.82 Å². The molecule has 0 saturated heterocycles. The van der Waals surface area contributed by atoms with E-state index in [0.29, 0.717) is 17.5 Å². The molecule has 0 spiro atoms. The zero-order valence-electron chi connectivity index (χ0n) is 6.40. The Morgan fingerprint density at radius 2 is 2.25 bits per heavy atom. The Morgan fingerprint density at radius 1 is 1.67 bits per heavy atom. The molecule has 1 aromatic rings. The highest BCUT2D eigenvalue weighted by molar-refractivity contribution is 9.10. The topological polar surface area (TPSA) is 43.1 Å². The van der Waals surface area contributed by atoms with Gasteiger partial charge in [-0.25, -0.2) is 4.39 Å². The van der Waals surface area contributed by atoms with Crippen molar-refractivity contribution >= 4 is 27.9 Å². The third kappa shape index (κ3) is 1.34. The summed E-state index contributed by atoms with van der Waals surface area (Å²) in [5.74, 6) is -0.604. The average molecular weight is 232 g/mol. The lowest BCUT2D eigenvalue weighted by molar-refractivity contribution is 0.111. The van der Waals surface area contributed by atoms with Gasteiger partial charge in [0.2, 0.25) is 0 Å². The molecule has 0 saturated carbocycles. The highest BCUT2D eigenvalue weighted by Crippen LogP contribution is 2.28. The maximum Gasteiger partial charge on any atom is 0.153 e. The van der Waals surface area contributed by atoms with Gasteiger partial charge in [0.15, 0.2) is 6.29 Å². The van der Waals surface area contributed by atoms with Crippen LogP contribution in [0.3, 0.4) is 0 Å². The lowest BCUT2D eigenvalue weighted by Crippen LogP contribution is -1.98. The summed E-state index contributed by atoms with van der Waals surface area (Å²) >= 11 is 2.96. The van der Waals surface area contributed by atoms with Gasteiger partial charge in [-0.15, -0.1) is 0 Å². The Morgan fingerprint density at radius 3 is 2.75 bits per heavy atom. The number of benzene rings is 1. The van der Waals surface area contributed by atoms with Crippen LogP contribution in [0.4, 0.5) is 10.1 Å². The Balaban J connectivity index is 3.49.